The van der Waals surface area contributed by atoms with Crippen molar-refractivity contribution in [2.24, 2.45) is 9.98 Å². The Bertz CT molecular complexity index is 2900. The summed E-state index contributed by atoms with van der Waals surface area (Å²) in [5, 5.41) is 7.08. The maximum Gasteiger partial charge on any atom is 0.159 e. The van der Waals surface area contributed by atoms with Crippen LogP contribution in [0.2, 0.25) is 0 Å². The number of benzene rings is 8. The molecule has 0 bridgehead atoms. The van der Waals surface area contributed by atoms with Gasteiger partial charge in [-0.15, -0.1) is 0 Å². The van der Waals surface area contributed by atoms with Crippen LogP contribution in [0.15, 0.2) is 216 Å². The van der Waals surface area contributed by atoms with Crippen molar-refractivity contribution < 1.29 is 0 Å². The summed E-state index contributed by atoms with van der Waals surface area (Å²) < 4.78 is 0. The van der Waals surface area contributed by atoms with E-state index in [4.69, 9.17) is 15.0 Å². The van der Waals surface area contributed by atoms with Crippen molar-refractivity contribution in [3.8, 4) is 44.6 Å². The maximum atomic E-state index is 5.24. The minimum atomic E-state index is -0.278. The first kappa shape index (κ1) is 33.2. The predicted molar refractivity (Wildman–Crippen MR) is 233 cm³/mol. The summed E-state index contributed by atoms with van der Waals surface area (Å²) in [6.07, 6.45) is -0.278. The number of para-hydroxylation sites is 1. The lowest BCUT2D eigenvalue weighted by atomic mass is 9.91. The van der Waals surface area contributed by atoms with Gasteiger partial charge in [0.25, 0.3) is 0 Å². The van der Waals surface area contributed by atoms with E-state index in [1.807, 2.05) is 36.4 Å². The molecule has 0 spiro atoms. The summed E-state index contributed by atoms with van der Waals surface area (Å²) in [5.74, 6) is 1.53. The Morgan fingerprint density at radius 2 is 0.929 bits per heavy atom. The van der Waals surface area contributed by atoms with E-state index in [-0.39, 0.29) is 6.17 Å². The molecule has 1 atom stereocenters. The van der Waals surface area contributed by atoms with E-state index in [9.17, 15) is 0 Å². The number of fused-ring (bicyclic) bond motifs is 3. The summed E-state index contributed by atoms with van der Waals surface area (Å²) in [6.45, 7) is 0. The molecule has 1 aliphatic rings. The summed E-state index contributed by atoms with van der Waals surface area (Å²) in [6, 6.07) is 72.4. The van der Waals surface area contributed by atoms with Crippen LogP contribution in [0, 0.1) is 0 Å². The van der Waals surface area contributed by atoms with E-state index in [2.05, 4.69) is 175 Å². The van der Waals surface area contributed by atoms with Gasteiger partial charge in [0.15, 0.2) is 5.84 Å². The van der Waals surface area contributed by atoms with Gasteiger partial charge in [-0.2, -0.15) is 0 Å². The molecule has 9 aromatic rings. The van der Waals surface area contributed by atoms with E-state index in [0.29, 0.717) is 0 Å². The molecule has 1 aromatic heterocycles. The van der Waals surface area contributed by atoms with Gasteiger partial charge in [0.05, 0.1) is 11.2 Å². The Kier molecular flexibility index (Phi) is 8.54. The van der Waals surface area contributed by atoms with Crippen LogP contribution in [0.25, 0.3) is 66.3 Å². The van der Waals surface area contributed by atoms with Crippen LogP contribution in [0.5, 0.6) is 0 Å². The molecular weight excluding hydrogens is 681 g/mol. The Hall–Kier alpha value is -7.43. The molecule has 10 rings (SSSR count). The highest BCUT2D eigenvalue weighted by Gasteiger charge is 2.21. The van der Waals surface area contributed by atoms with Crippen molar-refractivity contribution in [1.29, 1.82) is 0 Å². The van der Waals surface area contributed by atoms with Gasteiger partial charge >= 0.3 is 0 Å². The van der Waals surface area contributed by atoms with Gasteiger partial charge < -0.3 is 5.32 Å². The van der Waals surface area contributed by atoms with Crippen molar-refractivity contribution in [2.75, 3.05) is 0 Å². The van der Waals surface area contributed by atoms with E-state index >= 15 is 0 Å². The summed E-state index contributed by atoms with van der Waals surface area (Å²) >= 11 is 0. The highest BCUT2D eigenvalue weighted by atomic mass is 15.2. The maximum absolute atomic E-state index is 5.24. The molecular formula is C52H36N4. The predicted octanol–water partition coefficient (Wildman–Crippen LogP) is 12.6. The van der Waals surface area contributed by atoms with Gasteiger partial charge in [0.2, 0.25) is 0 Å². The minimum Gasteiger partial charge on any atom is -0.344 e. The lowest BCUT2D eigenvalue weighted by molar-refractivity contribution is 0.674. The highest BCUT2D eigenvalue weighted by Crippen LogP contribution is 2.40. The normalized spacial score (nSPS) is 13.9. The number of nitrogens with zero attached hydrogens (tertiary/aromatic N) is 3. The zero-order valence-electron chi connectivity index (χ0n) is 30.5. The highest BCUT2D eigenvalue weighted by molar-refractivity contribution is 6.17. The SMILES string of the molecule is c1ccc(C2=NC(c3ccc(-c4cccc(-c5cccc6c(-c7ccc(-c8ccccc8)cc7)nc7ccccc7c56)c4)cc3)NC(c3ccccc3)=N2)cc1. The molecule has 2 heterocycles. The molecule has 56 heavy (non-hydrogen) atoms. The molecule has 0 saturated carbocycles. The number of hydrogen-bond donors (Lipinski definition) is 1. The van der Waals surface area contributed by atoms with E-state index in [1.54, 1.807) is 0 Å². The van der Waals surface area contributed by atoms with Crippen LogP contribution in [0.4, 0.5) is 0 Å². The van der Waals surface area contributed by atoms with Crippen molar-refractivity contribution in [3.05, 3.63) is 223 Å². The number of hydrogen-bond acceptors (Lipinski definition) is 4. The molecule has 1 N–H and O–H groups in total. The van der Waals surface area contributed by atoms with E-state index < -0.39 is 0 Å². The molecule has 0 fully saturated rings. The van der Waals surface area contributed by atoms with Gasteiger partial charge in [0.1, 0.15) is 12.0 Å². The molecule has 264 valence electrons. The first-order valence-electron chi connectivity index (χ1n) is 19.0. The third kappa shape index (κ3) is 6.33. The summed E-state index contributed by atoms with van der Waals surface area (Å²) in [7, 11) is 0. The number of nitrogens with one attached hydrogen (secondary N) is 1. The molecule has 4 heteroatoms. The molecule has 4 nitrogen and oxygen atoms in total. The number of amidine groups is 2. The Balaban J connectivity index is 1.01. The molecule has 0 saturated heterocycles. The Morgan fingerprint density at radius 1 is 0.393 bits per heavy atom. The fourth-order valence-corrected chi connectivity index (χ4v) is 7.72. The van der Waals surface area contributed by atoms with Crippen LogP contribution < -0.4 is 5.32 Å². The van der Waals surface area contributed by atoms with E-state index in [0.717, 1.165) is 72.6 Å². The van der Waals surface area contributed by atoms with Crippen molar-refractivity contribution in [3.63, 3.8) is 0 Å². The van der Waals surface area contributed by atoms with Gasteiger partial charge in [-0.05, 0) is 51.1 Å². The largest absolute Gasteiger partial charge is 0.344 e. The Morgan fingerprint density at radius 3 is 1.68 bits per heavy atom. The molecule has 1 unspecified atom stereocenters. The van der Waals surface area contributed by atoms with Crippen LogP contribution in [0.1, 0.15) is 22.9 Å². The number of aliphatic imine (C=N–C) groups is 2. The topological polar surface area (TPSA) is 49.6 Å². The second kappa shape index (κ2) is 14.4. The van der Waals surface area contributed by atoms with Gasteiger partial charge in [-0.25, -0.2) is 15.0 Å². The number of aromatic nitrogens is 1. The third-order valence-corrected chi connectivity index (χ3v) is 10.5. The lowest BCUT2D eigenvalue weighted by Gasteiger charge is -2.24. The first-order chi connectivity index (χ1) is 27.7. The van der Waals surface area contributed by atoms with Gasteiger partial charge in [0, 0.05) is 32.8 Å². The smallest absolute Gasteiger partial charge is 0.159 e. The van der Waals surface area contributed by atoms with E-state index in [1.165, 1.54) is 22.1 Å². The summed E-state index contributed by atoms with van der Waals surface area (Å²) in [4.78, 5) is 15.2. The zero-order valence-corrected chi connectivity index (χ0v) is 30.5. The standard InChI is InChI=1S/C52H36N4/c1-4-14-35(15-5-1)36-26-30-38(31-27-36)49-46-24-13-23-44(48(46)45-22-10-11-25-47(45)53-49)43-21-12-20-42(34-43)37-28-32-41(33-29-37)52-55-50(39-16-6-2-7-17-39)54-51(56-52)40-18-8-3-9-19-40/h1-34,52H,(H,54,55,56). The monoisotopic (exact) mass is 716 g/mol. The fourth-order valence-electron chi connectivity index (χ4n) is 7.72. The van der Waals surface area contributed by atoms with Crippen LogP contribution in [-0.2, 0) is 0 Å². The minimum absolute atomic E-state index is 0.278. The zero-order chi connectivity index (χ0) is 37.3. The number of pyridine rings is 1. The third-order valence-electron chi connectivity index (χ3n) is 10.5. The number of rotatable bonds is 7. The average molecular weight is 717 g/mol. The van der Waals surface area contributed by atoms with Crippen LogP contribution >= 0.6 is 0 Å². The van der Waals surface area contributed by atoms with Gasteiger partial charge in [-0.3, -0.25) is 0 Å². The lowest BCUT2D eigenvalue weighted by Crippen LogP contribution is -2.33. The van der Waals surface area contributed by atoms with Crippen LogP contribution in [0.3, 0.4) is 0 Å². The molecule has 1 aliphatic heterocycles. The van der Waals surface area contributed by atoms with Crippen molar-refractivity contribution in [1.82, 2.24) is 10.3 Å². The average Bonchev–Trinajstić information content (AvgIpc) is 3.29. The quantitative estimate of drug-likeness (QED) is 0.167. The molecule has 0 amide bonds. The summed E-state index contributed by atoms with van der Waals surface area (Å²) in [5.41, 5.74) is 13.2. The molecule has 0 radical (unpaired) electrons. The second-order valence-corrected chi connectivity index (χ2v) is 14.0. The molecule has 8 aromatic carbocycles. The van der Waals surface area contributed by atoms with Crippen molar-refractivity contribution in [2.45, 2.75) is 6.17 Å². The fraction of sp³-hybridized carbons (Fsp3) is 0.0192. The Labute approximate surface area is 326 Å². The molecule has 0 aliphatic carbocycles. The second-order valence-electron chi connectivity index (χ2n) is 14.0. The van der Waals surface area contributed by atoms with Crippen molar-refractivity contribution >= 4 is 33.3 Å². The van der Waals surface area contributed by atoms with Gasteiger partial charge in [-0.1, -0.05) is 194 Å². The first-order valence-corrected chi connectivity index (χ1v) is 19.0. The van der Waals surface area contributed by atoms with Crippen LogP contribution in [-0.4, -0.2) is 16.7 Å².